The minimum Gasteiger partial charge on any atom is -0.474 e. The third kappa shape index (κ3) is 4.75. The molecule has 0 saturated carbocycles. The van der Waals surface area contributed by atoms with Crippen LogP contribution in [0.3, 0.4) is 0 Å². The lowest BCUT2D eigenvalue weighted by molar-refractivity contribution is 0.0808. The molecule has 1 aromatic rings. The Morgan fingerprint density at radius 3 is 2.65 bits per heavy atom. The third-order valence-corrected chi connectivity index (χ3v) is 2.16. The van der Waals surface area contributed by atoms with Crippen LogP contribution in [0.2, 0.25) is 5.28 Å². The van der Waals surface area contributed by atoms with E-state index in [1.165, 1.54) is 0 Å². The van der Waals surface area contributed by atoms with Gasteiger partial charge in [-0.1, -0.05) is 13.8 Å². The molecule has 0 unspecified atom stereocenters. The van der Waals surface area contributed by atoms with Gasteiger partial charge in [0.15, 0.2) is 0 Å². The number of hydrogen-bond donors (Lipinski definition) is 1. The molecule has 0 bridgehead atoms. The first kappa shape index (κ1) is 14.0. The zero-order valence-electron chi connectivity index (χ0n) is 10.4. The fourth-order valence-corrected chi connectivity index (χ4v) is 1.35. The molecule has 0 spiro atoms. The van der Waals surface area contributed by atoms with E-state index in [-0.39, 0.29) is 5.28 Å². The number of aryl methyl sites for hydroxylation is 1. The van der Waals surface area contributed by atoms with Crippen molar-refractivity contribution in [2.75, 3.05) is 25.6 Å². The van der Waals surface area contributed by atoms with Crippen LogP contribution in [0.4, 0.5) is 5.69 Å². The van der Waals surface area contributed by atoms with Crippen LogP contribution in [0.1, 0.15) is 19.5 Å². The Bertz CT molecular complexity index is 372. The zero-order valence-corrected chi connectivity index (χ0v) is 11.1. The van der Waals surface area contributed by atoms with Gasteiger partial charge in [-0.3, -0.25) is 0 Å². The van der Waals surface area contributed by atoms with Gasteiger partial charge in [0.05, 0.1) is 12.3 Å². The molecule has 0 atom stereocenters. The molecule has 1 aromatic heterocycles. The normalized spacial score (nSPS) is 10.9. The summed E-state index contributed by atoms with van der Waals surface area (Å²) in [5.74, 6) is 0.825. The summed E-state index contributed by atoms with van der Waals surface area (Å²) in [7, 11) is 0. The molecule has 0 amide bonds. The standard InChI is InChI=1S/C11H18ClN3O2/c1-7(2)6-16-4-5-17-10-9(13)8(3)14-11(12)15-10/h7H,4-6,13H2,1-3H3. The van der Waals surface area contributed by atoms with Crippen LogP contribution in [-0.2, 0) is 4.74 Å². The molecule has 0 aliphatic heterocycles. The maximum Gasteiger partial charge on any atom is 0.241 e. The molecule has 1 heterocycles. The van der Waals surface area contributed by atoms with E-state index in [1.54, 1.807) is 6.92 Å². The molecule has 0 saturated heterocycles. The lowest BCUT2D eigenvalue weighted by Crippen LogP contribution is -2.12. The molecule has 0 radical (unpaired) electrons. The molecule has 0 aromatic carbocycles. The predicted molar refractivity (Wildman–Crippen MR) is 67.3 cm³/mol. The molecular weight excluding hydrogens is 242 g/mol. The molecule has 96 valence electrons. The van der Waals surface area contributed by atoms with E-state index >= 15 is 0 Å². The van der Waals surface area contributed by atoms with E-state index in [9.17, 15) is 0 Å². The largest absolute Gasteiger partial charge is 0.474 e. The monoisotopic (exact) mass is 259 g/mol. The number of nitrogens with two attached hydrogens (primary N) is 1. The van der Waals surface area contributed by atoms with Crippen LogP contribution in [0.15, 0.2) is 0 Å². The smallest absolute Gasteiger partial charge is 0.241 e. The van der Waals surface area contributed by atoms with Crippen molar-refractivity contribution in [3.05, 3.63) is 11.0 Å². The second-order valence-corrected chi connectivity index (χ2v) is 4.45. The van der Waals surface area contributed by atoms with Crippen molar-refractivity contribution in [3.63, 3.8) is 0 Å². The van der Waals surface area contributed by atoms with Crippen molar-refractivity contribution in [1.82, 2.24) is 9.97 Å². The Morgan fingerprint density at radius 1 is 1.29 bits per heavy atom. The molecule has 0 aliphatic rings. The summed E-state index contributed by atoms with van der Waals surface area (Å²) in [4.78, 5) is 7.84. The topological polar surface area (TPSA) is 70.3 Å². The molecule has 6 heteroatoms. The van der Waals surface area contributed by atoms with Gasteiger partial charge in [-0.15, -0.1) is 0 Å². The first-order valence-electron chi connectivity index (χ1n) is 5.51. The lowest BCUT2D eigenvalue weighted by atomic mass is 10.2. The highest BCUT2D eigenvalue weighted by Gasteiger charge is 2.08. The minimum atomic E-state index is 0.134. The van der Waals surface area contributed by atoms with E-state index in [4.69, 9.17) is 26.8 Å². The van der Waals surface area contributed by atoms with E-state index in [2.05, 4.69) is 23.8 Å². The Morgan fingerprint density at radius 2 is 2.00 bits per heavy atom. The SMILES string of the molecule is Cc1nc(Cl)nc(OCCOCC(C)C)c1N. The molecule has 17 heavy (non-hydrogen) atoms. The van der Waals surface area contributed by atoms with Crippen LogP contribution in [0, 0.1) is 12.8 Å². The van der Waals surface area contributed by atoms with Crippen molar-refractivity contribution in [1.29, 1.82) is 0 Å². The van der Waals surface area contributed by atoms with Crippen LogP contribution >= 0.6 is 11.6 Å². The summed E-state index contributed by atoms with van der Waals surface area (Å²) in [5.41, 5.74) is 6.79. The Kier molecular flexibility index (Phi) is 5.44. The zero-order chi connectivity index (χ0) is 12.8. The number of aromatic nitrogens is 2. The third-order valence-electron chi connectivity index (χ3n) is 1.99. The fraction of sp³-hybridized carbons (Fsp3) is 0.636. The van der Waals surface area contributed by atoms with Gasteiger partial charge in [0.1, 0.15) is 12.3 Å². The fourth-order valence-electron chi connectivity index (χ4n) is 1.15. The van der Waals surface area contributed by atoms with Crippen molar-refractivity contribution >= 4 is 17.3 Å². The average molecular weight is 260 g/mol. The summed E-state index contributed by atoms with van der Waals surface area (Å²) >= 11 is 5.71. The molecule has 2 N–H and O–H groups in total. The average Bonchev–Trinajstić information content (AvgIpc) is 2.23. The van der Waals surface area contributed by atoms with Crippen LogP contribution in [0.5, 0.6) is 5.88 Å². The maximum atomic E-state index is 5.76. The van der Waals surface area contributed by atoms with E-state index < -0.39 is 0 Å². The van der Waals surface area contributed by atoms with Crippen LogP contribution < -0.4 is 10.5 Å². The number of nitrogens with zero attached hydrogens (tertiary/aromatic N) is 2. The number of anilines is 1. The van der Waals surface area contributed by atoms with E-state index in [1.807, 2.05) is 0 Å². The number of rotatable bonds is 6. The molecule has 1 rings (SSSR count). The van der Waals surface area contributed by atoms with Crippen molar-refractivity contribution in [3.8, 4) is 5.88 Å². The lowest BCUT2D eigenvalue weighted by Gasteiger charge is -2.10. The summed E-state index contributed by atoms with van der Waals surface area (Å²) in [6, 6.07) is 0. The number of ether oxygens (including phenoxy) is 2. The van der Waals surface area contributed by atoms with Gasteiger partial charge in [-0.2, -0.15) is 4.98 Å². The van der Waals surface area contributed by atoms with Gasteiger partial charge in [0.2, 0.25) is 11.2 Å². The van der Waals surface area contributed by atoms with Gasteiger partial charge in [-0.05, 0) is 24.4 Å². The summed E-state index contributed by atoms with van der Waals surface area (Å²) in [6.07, 6.45) is 0. The van der Waals surface area contributed by atoms with Crippen molar-refractivity contribution in [2.24, 2.45) is 5.92 Å². The number of nitrogen functional groups attached to an aromatic ring is 1. The minimum absolute atomic E-state index is 0.134. The van der Waals surface area contributed by atoms with Gasteiger partial charge in [0.25, 0.3) is 0 Å². The van der Waals surface area contributed by atoms with Gasteiger partial charge < -0.3 is 15.2 Å². The summed E-state index contributed by atoms with van der Waals surface area (Å²) in [5, 5.41) is 0.134. The van der Waals surface area contributed by atoms with Gasteiger partial charge in [-0.25, -0.2) is 4.98 Å². The van der Waals surface area contributed by atoms with Gasteiger partial charge >= 0.3 is 0 Å². The Balaban J connectivity index is 2.41. The highest BCUT2D eigenvalue weighted by Crippen LogP contribution is 2.22. The van der Waals surface area contributed by atoms with E-state index in [0.717, 1.165) is 0 Å². The Labute approximate surface area is 106 Å². The summed E-state index contributed by atoms with van der Waals surface area (Å²) < 4.78 is 10.8. The van der Waals surface area contributed by atoms with Crippen molar-refractivity contribution in [2.45, 2.75) is 20.8 Å². The highest BCUT2D eigenvalue weighted by molar-refractivity contribution is 6.28. The number of hydrogen-bond acceptors (Lipinski definition) is 5. The second-order valence-electron chi connectivity index (χ2n) is 4.11. The van der Waals surface area contributed by atoms with Crippen molar-refractivity contribution < 1.29 is 9.47 Å². The van der Waals surface area contributed by atoms with Crippen LogP contribution in [0.25, 0.3) is 0 Å². The first-order valence-corrected chi connectivity index (χ1v) is 5.88. The Hall–Kier alpha value is -1.07. The van der Waals surface area contributed by atoms with Gasteiger partial charge in [0, 0.05) is 6.61 Å². The maximum absolute atomic E-state index is 5.76. The van der Waals surface area contributed by atoms with Crippen LogP contribution in [-0.4, -0.2) is 29.8 Å². The molecule has 0 aliphatic carbocycles. The first-order chi connectivity index (χ1) is 8.00. The predicted octanol–water partition coefficient (Wildman–Crippen LogP) is 2.07. The molecule has 0 fully saturated rings. The highest BCUT2D eigenvalue weighted by atomic mass is 35.5. The quantitative estimate of drug-likeness (QED) is 0.626. The molecule has 5 nitrogen and oxygen atoms in total. The summed E-state index contributed by atoms with van der Waals surface area (Å²) in [6.45, 7) is 7.54. The molecular formula is C11H18ClN3O2. The second kappa shape index (κ2) is 6.61. The number of halogens is 1. The van der Waals surface area contributed by atoms with E-state index in [0.29, 0.717) is 43.0 Å².